The maximum absolute atomic E-state index is 4.15. The molecule has 0 saturated carbocycles. The van der Waals surface area contributed by atoms with Crippen LogP contribution in [0.3, 0.4) is 0 Å². The van der Waals surface area contributed by atoms with Crippen molar-refractivity contribution >= 4 is 5.71 Å². The standard InChI is InChI=1S/C5H9N.2C2H6/c1-5-3-2-4-6-5;2*1-2/h2-4H2,1H3;2*1-2H3. The van der Waals surface area contributed by atoms with Crippen LogP contribution in [0.5, 0.6) is 0 Å². The Morgan fingerprint density at radius 2 is 1.60 bits per heavy atom. The van der Waals surface area contributed by atoms with Gasteiger partial charge < -0.3 is 0 Å². The molecule has 10 heavy (non-hydrogen) atoms. The summed E-state index contributed by atoms with van der Waals surface area (Å²) < 4.78 is 0. The molecule has 62 valence electrons. The van der Waals surface area contributed by atoms with Crippen LogP contribution in [0.1, 0.15) is 47.5 Å². The monoisotopic (exact) mass is 143 g/mol. The van der Waals surface area contributed by atoms with Gasteiger partial charge in [-0.2, -0.15) is 0 Å². The maximum Gasteiger partial charge on any atom is 0.0392 e. The zero-order valence-electron chi connectivity index (χ0n) is 8.07. The molecule has 0 spiro atoms. The van der Waals surface area contributed by atoms with Gasteiger partial charge in [0.25, 0.3) is 0 Å². The van der Waals surface area contributed by atoms with Crippen molar-refractivity contribution in [2.45, 2.75) is 47.5 Å². The zero-order valence-corrected chi connectivity index (χ0v) is 8.07. The van der Waals surface area contributed by atoms with E-state index >= 15 is 0 Å². The van der Waals surface area contributed by atoms with Crippen LogP contribution in [0.25, 0.3) is 0 Å². The van der Waals surface area contributed by atoms with Crippen molar-refractivity contribution in [3.8, 4) is 0 Å². The van der Waals surface area contributed by atoms with E-state index in [-0.39, 0.29) is 0 Å². The summed E-state index contributed by atoms with van der Waals surface area (Å²) in [5.74, 6) is 0. The highest BCUT2D eigenvalue weighted by Gasteiger charge is 1.96. The molecule has 0 bridgehead atoms. The molecule has 0 aliphatic carbocycles. The van der Waals surface area contributed by atoms with Crippen molar-refractivity contribution in [3.63, 3.8) is 0 Å². The summed E-state index contributed by atoms with van der Waals surface area (Å²) in [6.45, 7) is 11.2. The Balaban J connectivity index is 0. The Morgan fingerprint density at radius 1 is 1.10 bits per heavy atom. The van der Waals surface area contributed by atoms with Crippen LogP contribution in [0.15, 0.2) is 4.99 Å². The van der Waals surface area contributed by atoms with Crippen molar-refractivity contribution in [2.75, 3.05) is 6.54 Å². The highest BCUT2D eigenvalue weighted by atomic mass is 14.7. The lowest BCUT2D eigenvalue weighted by Crippen LogP contribution is -1.77. The molecule has 0 fully saturated rings. The molecule has 1 rings (SSSR count). The highest BCUT2D eigenvalue weighted by Crippen LogP contribution is 2.00. The first-order chi connectivity index (χ1) is 4.89. The first kappa shape index (κ1) is 12.4. The third-order valence-electron chi connectivity index (χ3n) is 1.08. The van der Waals surface area contributed by atoms with Gasteiger partial charge in [-0.1, -0.05) is 27.7 Å². The fourth-order valence-electron chi connectivity index (χ4n) is 0.684. The quantitative estimate of drug-likeness (QED) is 0.493. The minimum Gasteiger partial charge on any atom is -0.294 e. The van der Waals surface area contributed by atoms with Gasteiger partial charge in [-0.3, -0.25) is 4.99 Å². The van der Waals surface area contributed by atoms with E-state index in [9.17, 15) is 0 Å². The van der Waals surface area contributed by atoms with E-state index < -0.39 is 0 Å². The second kappa shape index (κ2) is 11.5. The predicted molar refractivity (Wildman–Crippen MR) is 49.9 cm³/mol. The molecule has 1 nitrogen and oxygen atoms in total. The third-order valence-corrected chi connectivity index (χ3v) is 1.08. The lowest BCUT2D eigenvalue weighted by atomic mass is 10.3. The molecule has 0 saturated heterocycles. The fraction of sp³-hybridized carbons (Fsp3) is 0.889. The van der Waals surface area contributed by atoms with Gasteiger partial charge in [-0.15, -0.1) is 0 Å². The van der Waals surface area contributed by atoms with Crippen LogP contribution >= 0.6 is 0 Å². The third kappa shape index (κ3) is 7.67. The summed E-state index contributed by atoms with van der Waals surface area (Å²) in [5.41, 5.74) is 1.33. The molecule has 0 aromatic rings. The first-order valence-corrected chi connectivity index (χ1v) is 4.39. The molecular weight excluding hydrogens is 122 g/mol. The Bertz CT molecular complexity index is 74.8. The van der Waals surface area contributed by atoms with Gasteiger partial charge in [0.15, 0.2) is 0 Å². The summed E-state index contributed by atoms with van der Waals surface area (Å²) in [5, 5.41) is 0. The number of rotatable bonds is 0. The molecule has 1 aliphatic rings. The fourth-order valence-corrected chi connectivity index (χ4v) is 0.684. The molecule has 1 heterocycles. The Morgan fingerprint density at radius 3 is 1.70 bits per heavy atom. The van der Waals surface area contributed by atoms with Gasteiger partial charge in [-0.25, -0.2) is 0 Å². The van der Waals surface area contributed by atoms with Gasteiger partial charge in [0.2, 0.25) is 0 Å². The Kier molecular flexibility index (Phi) is 14.2. The number of hydrogen-bond donors (Lipinski definition) is 0. The summed E-state index contributed by atoms with van der Waals surface area (Å²) in [7, 11) is 0. The topological polar surface area (TPSA) is 12.4 Å². The van der Waals surface area contributed by atoms with Crippen molar-refractivity contribution in [1.29, 1.82) is 0 Å². The molecule has 0 radical (unpaired) electrons. The van der Waals surface area contributed by atoms with Gasteiger partial charge in [-0.05, 0) is 19.8 Å². The van der Waals surface area contributed by atoms with Crippen LogP contribution in [-0.2, 0) is 0 Å². The smallest absolute Gasteiger partial charge is 0.0392 e. The van der Waals surface area contributed by atoms with Crippen molar-refractivity contribution in [1.82, 2.24) is 0 Å². The van der Waals surface area contributed by atoms with Crippen LogP contribution in [0.2, 0.25) is 0 Å². The average molecular weight is 143 g/mol. The molecule has 0 amide bonds. The average Bonchev–Trinajstić information content (AvgIpc) is 2.48. The molecule has 1 aliphatic heterocycles. The number of hydrogen-bond acceptors (Lipinski definition) is 1. The molecular formula is C9H21N. The molecule has 0 aromatic heterocycles. The van der Waals surface area contributed by atoms with Crippen molar-refractivity contribution in [2.24, 2.45) is 4.99 Å². The summed E-state index contributed by atoms with van der Waals surface area (Å²) in [6.07, 6.45) is 2.52. The van der Waals surface area contributed by atoms with Crippen LogP contribution in [0, 0.1) is 0 Å². The van der Waals surface area contributed by atoms with E-state index in [1.165, 1.54) is 18.6 Å². The SMILES string of the molecule is CC.CC.CC1=NCCC1. The van der Waals surface area contributed by atoms with Crippen molar-refractivity contribution in [3.05, 3.63) is 0 Å². The van der Waals surface area contributed by atoms with Crippen molar-refractivity contribution < 1.29 is 0 Å². The Labute approximate surface area is 65.6 Å². The van der Waals surface area contributed by atoms with E-state index in [0.29, 0.717) is 0 Å². The predicted octanol–water partition coefficient (Wildman–Crippen LogP) is 3.29. The molecule has 1 heteroatoms. The molecule has 0 atom stereocenters. The summed E-state index contributed by atoms with van der Waals surface area (Å²) >= 11 is 0. The van der Waals surface area contributed by atoms with Crippen LogP contribution in [-0.4, -0.2) is 12.3 Å². The Hall–Kier alpha value is -0.330. The minimum atomic E-state index is 1.08. The second-order valence-electron chi connectivity index (χ2n) is 1.72. The minimum absolute atomic E-state index is 1.08. The van der Waals surface area contributed by atoms with Gasteiger partial charge >= 0.3 is 0 Å². The highest BCUT2D eigenvalue weighted by molar-refractivity contribution is 5.83. The summed E-state index contributed by atoms with van der Waals surface area (Å²) in [6, 6.07) is 0. The van der Waals surface area contributed by atoms with Crippen LogP contribution in [0.4, 0.5) is 0 Å². The van der Waals surface area contributed by atoms with Gasteiger partial charge in [0.05, 0.1) is 0 Å². The zero-order chi connectivity index (χ0) is 8.41. The van der Waals surface area contributed by atoms with Crippen LogP contribution < -0.4 is 0 Å². The van der Waals surface area contributed by atoms with E-state index in [1.54, 1.807) is 0 Å². The number of nitrogens with zero attached hydrogens (tertiary/aromatic N) is 1. The lowest BCUT2D eigenvalue weighted by Gasteiger charge is -1.76. The van der Waals surface area contributed by atoms with E-state index in [4.69, 9.17) is 0 Å². The molecule has 0 aromatic carbocycles. The maximum atomic E-state index is 4.15. The molecule has 0 N–H and O–H groups in total. The van der Waals surface area contributed by atoms with E-state index in [1.807, 2.05) is 27.7 Å². The van der Waals surface area contributed by atoms with E-state index in [2.05, 4.69) is 11.9 Å². The van der Waals surface area contributed by atoms with Gasteiger partial charge in [0, 0.05) is 12.3 Å². The lowest BCUT2D eigenvalue weighted by molar-refractivity contribution is 0.951. The second-order valence-corrected chi connectivity index (χ2v) is 1.72. The largest absolute Gasteiger partial charge is 0.294 e. The normalized spacial score (nSPS) is 13.9. The number of aliphatic imine (C=N–C) groups is 1. The first-order valence-electron chi connectivity index (χ1n) is 4.39. The van der Waals surface area contributed by atoms with Gasteiger partial charge in [0.1, 0.15) is 0 Å². The molecule has 0 unspecified atom stereocenters. The van der Waals surface area contributed by atoms with E-state index in [0.717, 1.165) is 6.54 Å². The summed E-state index contributed by atoms with van der Waals surface area (Å²) in [4.78, 5) is 4.15.